The van der Waals surface area contributed by atoms with Crippen molar-refractivity contribution >= 4 is 5.91 Å². The van der Waals surface area contributed by atoms with Gasteiger partial charge in [0.2, 0.25) is 17.6 Å². The molecule has 1 aliphatic heterocycles. The van der Waals surface area contributed by atoms with Gasteiger partial charge in [-0.2, -0.15) is 4.98 Å². The Morgan fingerprint density at radius 2 is 1.84 bits per heavy atom. The van der Waals surface area contributed by atoms with E-state index in [-0.39, 0.29) is 17.9 Å². The van der Waals surface area contributed by atoms with Crippen LogP contribution in [0.3, 0.4) is 0 Å². The molecule has 0 radical (unpaired) electrons. The van der Waals surface area contributed by atoms with Gasteiger partial charge in [0.25, 0.3) is 0 Å². The van der Waals surface area contributed by atoms with Gasteiger partial charge in [0, 0.05) is 25.1 Å². The molecular weight excluding hydrogens is 410 g/mol. The molecule has 2 aromatic carbocycles. The predicted octanol–water partition coefficient (Wildman–Crippen LogP) is 4.06. The van der Waals surface area contributed by atoms with Gasteiger partial charge >= 0.3 is 0 Å². The lowest BCUT2D eigenvalue weighted by Gasteiger charge is -2.17. The lowest BCUT2D eigenvalue weighted by atomic mass is 10.1. The van der Waals surface area contributed by atoms with Crippen molar-refractivity contribution in [2.24, 2.45) is 0 Å². The minimum absolute atomic E-state index is 0.0553. The number of methoxy groups -OCH3 is 2. The van der Waals surface area contributed by atoms with Gasteiger partial charge in [0.1, 0.15) is 5.75 Å². The van der Waals surface area contributed by atoms with E-state index in [1.54, 1.807) is 19.1 Å². The number of nitrogens with zero attached hydrogens (tertiary/aromatic N) is 3. The van der Waals surface area contributed by atoms with Crippen LogP contribution in [0.2, 0.25) is 0 Å². The van der Waals surface area contributed by atoms with Gasteiger partial charge in [0.15, 0.2) is 11.5 Å². The van der Waals surface area contributed by atoms with Gasteiger partial charge in [-0.1, -0.05) is 11.2 Å². The van der Waals surface area contributed by atoms with Crippen molar-refractivity contribution in [1.82, 2.24) is 15.0 Å². The summed E-state index contributed by atoms with van der Waals surface area (Å²) in [6.07, 6.45) is 0.454. The van der Waals surface area contributed by atoms with E-state index in [1.807, 2.05) is 56.3 Å². The molecule has 1 atom stereocenters. The number of amides is 1. The van der Waals surface area contributed by atoms with Crippen LogP contribution in [0.5, 0.6) is 17.2 Å². The van der Waals surface area contributed by atoms with Gasteiger partial charge in [0.05, 0.1) is 26.2 Å². The summed E-state index contributed by atoms with van der Waals surface area (Å²) in [5.74, 6) is 2.99. The fourth-order valence-corrected chi connectivity index (χ4v) is 3.76. The largest absolute Gasteiger partial charge is 0.493 e. The molecule has 2 heterocycles. The van der Waals surface area contributed by atoms with E-state index in [9.17, 15) is 4.79 Å². The van der Waals surface area contributed by atoms with Crippen LogP contribution in [-0.2, 0) is 11.3 Å². The second kappa shape index (κ2) is 9.30. The molecule has 8 heteroatoms. The van der Waals surface area contributed by atoms with E-state index in [2.05, 4.69) is 10.1 Å². The highest BCUT2D eigenvalue weighted by molar-refractivity contribution is 5.79. The van der Waals surface area contributed by atoms with E-state index in [4.69, 9.17) is 18.7 Å². The Balaban J connectivity index is 1.43. The lowest BCUT2D eigenvalue weighted by molar-refractivity contribution is -0.128. The maximum Gasteiger partial charge on any atom is 0.232 e. The third-order valence-electron chi connectivity index (χ3n) is 5.31. The molecule has 1 aliphatic rings. The van der Waals surface area contributed by atoms with E-state index < -0.39 is 0 Å². The minimum Gasteiger partial charge on any atom is -0.493 e. The number of benzene rings is 2. The molecule has 0 saturated carbocycles. The monoisotopic (exact) mass is 437 g/mol. The van der Waals surface area contributed by atoms with Crippen LogP contribution in [-0.4, -0.2) is 47.8 Å². The number of likely N-dealkylation sites (tertiary alicyclic amines) is 1. The molecule has 1 fully saturated rings. The van der Waals surface area contributed by atoms with Crippen molar-refractivity contribution in [3.05, 3.63) is 53.9 Å². The van der Waals surface area contributed by atoms with E-state index >= 15 is 0 Å². The average Bonchev–Trinajstić information content (AvgIpc) is 3.41. The minimum atomic E-state index is -0.132. The molecule has 32 heavy (non-hydrogen) atoms. The maximum absolute atomic E-state index is 12.6. The highest BCUT2D eigenvalue weighted by atomic mass is 16.5. The first-order valence-corrected chi connectivity index (χ1v) is 10.6. The molecule has 1 saturated heterocycles. The van der Waals surface area contributed by atoms with E-state index in [0.29, 0.717) is 42.7 Å². The molecule has 1 amide bonds. The molecule has 8 nitrogen and oxygen atoms in total. The zero-order chi connectivity index (χ0) is 22.7. The normalized spacial score (nSPS) is 16.0. The zero-order valence-electron chi connectivity index (χ0n) is 18.7. The van der Waals surface area contributed by atoms with E-state index in [0.717, 1.165) is 16.9 Å². The topological polar surface area (TPSA) is 86.9 Å². The van der Waals surface area contributed by atoms with Crippen LogP contribution < -0.4 is 14.2 Å². The third-order valence-corrected chi connectivity index (χ3v) is 5.31. The zero-order valence-corrected chi connectivity index (χ0v) is 18.7. The van der Waals surface area contributed by atoms with Gasteiger partial charge in [-0.3, -0.25) is 4.79 Å². The summed E-state index contributed by atoms with van der Waals surface area (Å²) in [6, 6.07) is 13.2. The van der Waals surface area contributed by atoms with Crippen LogP contribution in [0.1, 0.15) is 37.6 Å². The number of aromatic nitrogens is 2. The van der Waals surface area contributed by atoms with Crippen LogP contribution in [0, 0.1) is 0 Å². The van der Waals surface area contributed by atoms with Gasteiger partial charge < -0.3 is 23.6 Å². The maximum atomic E-state index is 12.6. The summed E-state index contributed by atoms with van der Waals surface area (Å²) in [5.41, 5.74) is 1.80. The first-order chi connectivity index (χ1) is 15.5. The number of hydrogen-bond donors (Lipinski definition) is 0. The number of carbonyl (C=O) groups excluding carboxylic acids is 1. The smallest absolute Gasteiger partial charge is 0.232 e. The van der Waals surface area contributed by atoms with Crippen molar-refractivity contribution in [3.63, 3.8) is 0 Å². The summed E-state index contributed by atoms with van der Waals surface area (Å²) in [7, 11) is 3.19. The number of hydrogen-bond acceptors (Lipinski definition) is 7. The molecule has 4 rings (SSSR count). The third kappa shape index (κ3) is 4.69. The molecule has 0 N–H and O–H groups in total. The number of ether oxygens (including phenoxy) is 3. The Hall–Kier alpha value is -3.55. The van der Waals surface area contributed by atoms with Gasteiger partial charge in [-0.05, 0) is 55.8 Å². The Kier molecular flexibility index (Phi) is 6.30. The van der Waals surface area contributed by atoms with E-state index in [1.165, 1.54) is 0 Å². The summed E-state index contributed by atoms with van der Waals surface area (Å²) in [6.45, 7) is 4.97. The molecular formula is C24H27N3O5. The van der Waals surface area contributed by atoms with Crippen molar-refractivity contribution in [3.8, 4) is 28.6 Å². The van der Waals surface area contributed by atoms with Gasteiger partial charge in [-0.25, -0.2) is 0 Å². The van der Waals surface area contributed by atoms with Crippen LogP contribution in [0.4, 0.5) is 0 Å². The first-order valence-electron chi connectivity index (χ1n) is 10.6. The van der Waals surface area contributed by atoms with Crippen molar-refractivity contribution in [2.75, 3.05) is 20.8 Å². The summed E-state index contributed by atoms with van der Waals surface area (Å²) in [5, 5.41) is 4.11. The second-order valence-corrected chi connectivity index (χ2v) is 8.01. The first kappa shape index (κ1) is 21.7. The average molecular weight is 437 g/mol. The molecule has 3 aromatic rings. The molecule has 168 valence electrons. The summed E-state index contributed by atoms with van der Waals surface area (Å²) < 4.78 is 21.8. The molecule has 0 bridgehead atoms. The molecule has 1 aromatic heterocycles. The standard InChI is InChI=1S/C24H27N3O5/c1-15(2)31-19-8-6-17(7-9-19)23-25-24(32-26-23)18-12-22(28)27(14-18)13-16-5-10-20(29-3)21(11-16)30-4/h5-11,15,18H,12-14H2,1-4H3. The van der Waals surface area contributed by atoms with Crippen molar-refractivity contribution in [1.29, 1.82) is 0 Å². The van der Waals surface area contributed by atoms with Gasteiger partial charge in [-0.15, -0.1) is 0 Å². The fraction of sp³-hybridized carbons (Fsp3) is 0.375. The molecule has 1 unspecified atom stereocenters. The lowest BCUT2D eigenvalue weighted by Crippen LogP contribution is -2.24. The Bertz CT molecular complexity index is 1080. The molecule has 0 aliphatic carbocycles. The quantitative estimate of drug-likeness (QED) is 0.525. The Morgan fingerprint density at radius 1 is 1.09 bits per heavy atom. The van der Waals surface area contributed by atoms with Crippen molar-refractivity contribution < 1.29 is 23.5 Å². The van der Waals surface area contributed by atoms with Crippen LogP contribution in [0.25, 0.3) is 11.4 Å². The van der Waals surface area contributed by atoms with Crippen molar-refractivity contribution in [2.45, 2.75) is 38.8 Å². The summed E-state index contributed by atoms with van der Waals surface area (Å²) >= 11 is 0. The fourth-order valence-electron chi connectivity index (χ4n) is 3.76. The number of rotatable bonds is 8. The highest BCUT2D eigenvalue weighted by Crippen LogP contribution is 2.32. The van der Waals surface area contributed by atoms with Crippen LogP contribution in [0.15, 0.2) is 47.0 Å². The second-order valence-electron chi connectivity index (χ2n) is 8.01. The highest BCUT2D eigenvalue weighted by Gasteiger charge is 2.34. The summed E-state index contributed by atoms with van der Waals surface area (Å²) in [4.78, 5) is 19.0. The Labute approximate surface area is 187 Å². The predicted molar refractivity (Wildman–Crippen MR) is 118 cm³/mol. The number of carbonyl (C=O) groups is 1. The van der Waals surface area contributed by atoms with Crippen LogP contribution >= 0.6 is 0 Å². The Morgan fingerprint density at radius 3 is 2.53 bits per heavy atom. The molecule has 0 spiro atoms. The SMILES string of the molecule is COc1ccc(CN2CC(c3nc(-c4ccc(OC(C)C)cc4)no3)CC2=O)cc1OC.